The normalized spacial score (nSPS) is 14.7. The SMILES string of the molecule is CNC(=O)COc1cc2cc(Nc3nc(N4CCC(C(=O)NCCCCCC(=O)N5CCC(C(=O)Nc6ncc(SCc7ncc(C(C)(C)C)o7)s6)CC5)CC4)ncc3Cl)cc(OC)c2n(C)c1=O. The maximum Gasteiger partial charge on any atom is 0.293 e. The molecule has 2 aliphatic heterocycles. The molecule has 7 rings (SSSR count). The second kappa shape index (κ2) is 23.1. The number of ether oxygens (including phenoxy) is 2. The molecule has 4 aromatic heterocycles. The number of likely N-dealkylation sites (tertiary alicyclic amines) is 1. The largest absolute Gasteiger partial charge is 0.494 e. The predicted molar refractivity (Wildman–Crippen MR) is 267 cm³/mol. The van der Waals surface area contributed by atoms with Crippen molar-refractivity contribution in [3.63, 3.8) is 0 Å². The molecule has 0 bridgehead atoms. The number of oxazole rings is 1. The number of nitrogens with one attached hydrogen (secondary N) is 4. The van der Waals surface area contributed by atoms with E-state index in [1.807, 2.05) is 9.80 Å². The van der Waals surface area contributed by atoms with Gasteiger partial charge in [0.05, 0.1) is 41.2 Å². The Morgan fingerprint density at radius 2 is 1.67 bits per heavy atom. The number of anilines is 4. The number of hydrogen-bond donors (Lipinski definition) is 4. The summed E-state index contributed by atoms with van der Waals surface area (Å²) in [6.45, 7) is 8.73. The Kier molecular flexibility index (Phi) is 17.1. The molecule has 4 amide bonds. The Morgan fingerprint density at radius 3 is 2.38 bits per heavy atom. The van der Waals surface area contributed by atoms with E-state index in [4.69, 9.17) is 30.5 Å². The number of methoxy groups -OCH3 is 1. The van der Waals surface area contributed by atoms with Gasteiger partial charge in [0.25, 0.3) is 11.5 Å². The van der Waals surface area contributed by atoms with Crippen molar-refractivity contribution in [3.05, 3.63) is 63.8 Å². The molecule has 22 heteroatoms. The van der Waals surface area contributed by atoms with Gasteiger partial charge in [0.15, 0.2) is 23.3 Å². The number of thioether (sulfide) groups is 1. The highest BCUT2D eigenvalue weighted by Gasteiger charge is 2.29. The molecule has 1 aromatic carbocycles. The average molecular weight is 1010 g/mol. The molecule has 0 atom stereocenters. The number of nitrogens with zero attached hydrogens (tertiary/aromatic N) is 7. The Balaban J connectivity index is 0.784. The van der Waals surface area contributed by atoms with Crippen LogP contribution in [0.2, 0.25) is 5.02 Å². The average Bonchev–Trinajstić information content (AvgIpc) is 4.03. The van der Waals surface area contributed by atoms with Crippen LogP contribution in [0.1, 0.15) is 83.8 Å². The molecule has 69 heavy (non-hydrogen) atoms. The van der Waals surface area contributed by atoms with E-state index in [0.29, 0.717) is 121 Å². The van der Waals surface area contributed by atoms with Crippen molar-refractivity contribution < 1.29 is 33.1 Å². The molecule has 0 radical (unpaired) electrons. The van der Waals surface area contributed by atoms with Crippen molar-refractivity contribution in [2.45, 2.75) is 87.5 Å². The van der Waals surface area contributed by atoms with Crippen molar-refractivity contribution in [1.82, 2.24) is 40.0 Å². The number of benzene rings is 1. The van der Waals surface area contributed by atoms with E-state index in [1.165, 1.54) is 36.3 Å². The number of unbranched alkanes of at least 4 members (excludes halogenated alkanes) is 2. The number of piperidine rings is 2. The summed E-state index contributed by atoms with van der Waals surface area (Å²) in [5.74, 6) is 2.72. The van der Waals surface area contributed by atoms with E-state index in [9.17, 15) is 24.0 Å². The third kappa shape index (κ3) is 13.2. The highest BCUT2D eigenvalue weighted by molar-refractivity contribution is 8.00. The van der Waals surface area contributed by atoms with Crippen molar-refractivity contribution in [3.8, 4) is 11.5 Å². The first-order chi connectivity index (χ1) is 33.1. The number of thiazole rings is 1. The first-order valence-corrected chi connectivity index (χ1v) is 25.3. The summed E-state index contributed by atoms with van der Waals surface area (Å²) >= 11 is 9.55. The fourth-order valence-corrected chi connectivity index (χ4v) is 9.99. The lowest BCUT2D eigenvalue weighted by atomic mass is 9.94. The predicted octanol–water partition coefficient (Wildman–Crippen LogP) is 6.66. The van der Waals surface area contributed by atoms with Gasteiger partial charge < -0.3 is 49.5 Å². The Morgan fingerprint density at radius 1 is 0.928 bits per heavy atom. The molecule has 0 unspecified atom stereocenters. The fourth-order valence-electron chi connectivity index (χ4n) is 8.12. The van der Waals surface area contributed by atoms with E-state index in [0.717, 1.165) is 29.2 Å². The molecular formula is C47H60ClN11O8S2. The maximum atomic E-state index is 13.1. The van der Waals surface area contributed by atoms with Crippen LogP contribution in [0.15, 0.2) is 50.2 Å². The van der Waals surface area contributed by atoms with Gasteiger partial charge in [-0.25, -0.2) is 15.0 Å². The summed E-state index contributed by atoms with van der Waals surface area (Å²) in [5, 5.41) is 13.2. The quantitative estimate of drug-likeness (QED) is 0.0501. The van der Waals surface area contributed by atoms with Crippen molar-refractivity contribution in [1.29, 1.82) is 0 Å². The van der Waals surface area contributed by atoms with Crippen molar-refractivity contribution in [2.75, 3.05) is 69.0 Å². The second-order valence-electron chi connectivity index (χ2n) is 18.1. The highest BCUT2D eigenvalue weighted by atomic mass is 35.5. The van der Waals surface area contributed by atoms with Crippen LogP contribution < -0.4 is 41.2 Å². The van der Waals surface area contributed by atoms with Gasteiger partial charge in [0.1, 0.15) is 16.5 Å². The third-order valence-electron chi connectivity index (χ3n) is 12.2. The Labute approximate surface area is 413 Å². The summed E-state index contributed by atoms with van der Waals surface area (Å²) in [5.41, 5.74) is 0.596. The van der Waals surface area contributed by atoms with Crippen LogP contribution in [0, 0.1) is 11.8 Å². The van der Waals surface area contributed by atoms with Crippen LogP contribution >= 0.6 is 34.7 Å². The van der Waals surface area contributed by atoms with Gasteiger partial charge in [0, 0.05) is 87.6 Å². The van der Waals surface area contributed by atoms with Gasteiger partial charge in [-0.05, 0) is 50.7 Å². The zero-order valence-corrected chi connectivity index (χ0v) is 42.2. The molecule has 0 aliphatic carbocycles. The number of carbonyl (C=O) groups excluding carboxylic acids is 4. The molecular weight excluding hydrogens is 946 g/mol. The number of carbonyl (C=O) groups is 4. The van der Waals surface area contributed by atoms with Crippen molar-refractivity contribution in [2.24, 2.45) is 18.9 Å². The lowest BCUT2D eigenvalue weighted by Gasteiger charge is -2.31. The smallest absolute Gasteiger partial charge is 0.293 e. The first-order valence-electron chi connectivity index (χ1n) is 23.1. The molecule has 2 aliphatic rings. The van der Waals surface area contributed by atoms with Crippen molar-refractivity contribution >= 4 is 91.8 Å². The van der Waals surface area contributed by atoms with Gasteiger partial charge in [-0.1, -0.05) is 50.1 Å². The number of rotatable bonds is 19. The van der Waals surface area contributed by atoms with Crippen LogP contribution in [0.4, 0.5) is 22.6 Å². The van der Waals surface area contributed by atoms with Gasteiger partial charge in [-0.3, -0.25) is 24.0 Å². The zero-order chi connectivity index (χ0) is 49.2. The fraction of sp³-hybridized carbons (Fsp3) is 0.511. The van der Waals surface area contributed by atoms with Crippen LogP contribution in [-0.2, 0) is 37.4 Å². The van der Waals surface area contributed by atoms with Crippen LogP contribution in [-0.4, -0.2) is 107 Å². The number of pyridine rings is 1. The molecule has 370 valence electrons. The summed E-state index contributed by atoms with van der Waals surface area (Å²) in [4.78, 5) is 85.8. The number of aryl methyl sites for hydroxylation is 1. The molecule has 4 N–H and O–H groups in total. The number of likely N-dealkylation sites (N-methyl/N-ethyl adjacent to an activating group) is 1. The Bertz CT molecular complexity index is 2690. The molecule has 2 saturated heterocycles. The lowest BCUT2D eigenvalue weighted by molar-refractivity contribution is -0.134. The third-order valence-corrected chi connectivity index (χ3v) is 14.5. The summed E-state index contributed by atoms with van der Waals surface area (Å²) in [6.07, 6.45) is 10.3. The number of amides is 4. The van der Waals surface area contributed by atoms with E-state index >= 15 is 0 Å². The zero-order valence-electron chi connectivity index (χ0n) is 39.8. The topological polar surface area (TPSA) is 228 Å². The number of fused-ring (bicyclic) bond motifs is 1. The lowest BCUT2D eigenvalue weighted by Crippen LogP contribution is -2.41. The highest BCUT2D eigenvalue weighted by Crippen LogP contribution is 2.35. The monoisotopic (exact) mass is 1010 g/mol. The molecule has 5 aromatic rings. The summed E-state index contributed by atoms with van der Waals surface area (Å²) in [6, 6.07) is 5.09. The number of aromatic nitrogens is 5. The standard InChI is InChI=1S/C47H60ClN11O8S2/c1-47(2,3)35-24-51-37(67-35)27-68-39-25-53-46(69-39)56-43(63)29-11-16-58(17-12-29)38(61)10-8-7-9-15-50-42(62)28-13-18-59(19-14-28)45-52-23-32(48)41(55-45)54-31-20-30-21-34(66-26-36(60)49-4)44(64)57(5)40(30)33(22-31)65-6/h20-25,28-29H,7-19,26-27H2,1-6H3,(H,49,60)(H,50,62)(H,52,54,55)(H,53,56,63). The molecule has 6 heterocycles. The van der Waals surface area contributed by atoms with E-state index in [-0.39, 0.29) is 53.2 Å². The molecule has 2 fully saturated rings. The first kappa shape index (κ1) is 50.9. The Hall–Kier alpha value is -5.93. The molecule has 0 spiro atoms. The summed E-state index contributed by atoms with van der Waals surface area (Å²) < 4.78 is 19.4. The van der Waals surface area contributed by atoms with E-state index < -0.39 is 5.56 Å². The maximum absolute atomic E-state index is 13.1. The molecule has 0 saturated carbocycles. The van der Waals surface area contributed by atoms with Crippen LogP contribution in [0.5, 0.6) is 11.5 Å². The minimum atomic E-state index is -0.418. The minimum absolute atomic E-state index is 0.0126. The van der Waals surface area contributed by atoms with E-state index in [1.54, 1.807) is 49.4 Å². The van der Waals surface area contributed by atoms with E-state index in [2.05, 4.69) is 57.0 Å². The van der Waals surface area contributed by atoms with Gasteiger partial charge in [-0.15, -0.1) is 11.8 Å². The van der Waals surface area contributed by atoms with Gasteiger partial charge in [0.2, 0.25) is 29.6 Å². The number of halogens is 1. The second-order valence-corrected chi connectivity index (χ2v) is 20.8. The van der Waals surface area contributed by atoms with Gasteiger partial charge >= 0.3 is 0 Å². The minimum Gasteiger partial charge on any atom is -0.494 e. The molecule has 19 nitrogen and oxygen atoms in total. The van der Waals surface area contributed by atoms with Crippen LogP contribution in [0.25, 0.3) is 10.9 Å². The summed E-state index contributed by atoms with van der Waals surface area (Å²) in [7, 11) is 4.59. The van der Waals surface area contributed by atoms with Gasteiger partial charge in [-0.2, -0.15) is 4.98 Å². The van der Waals surface area contributed by atoms with Crippen LogP contribution in [0.3, 0.4) is 0 Å². The number of hydrogen-bond acceptors (Lipinski definition) is 16.